The van der Waals surface area contributed by atoms with Crippen LogP contribution in [0.4, 0.5) is 0 Å². The van der Waals surface area contributed by atoms with Crippen molar-refractivity contribution in [2.45, 2.75) is 0 Å². The summed E-state index contributed by atoms with van der Waals surface area (Å²) in [7, 11) is 1.14. The van der Waals surface area contributed by atoms with E-state index in [0.717, 1.165) is 8.05 Å². The van der Waals surface area contributed by atoms with Gasteiger partial charge in [-0.1, -0.05) is 0 Å². The summed E-state index contributed by atoms with van der Waals surface area (Å²) in [4.78, 5) is 0. The molecule has 0 heterocycles. The van der Waals surface area contributed by atoms with Gasteiger partial charge in [-0.2, -0.15) is 0 Å². The van der Waals surface area contributed by atoms with Crippen LogP contribution in [-0.4, -0.2) is 34.3 Å². The molecule has 0 N–H and O–H groups in total. The summed E-state index contributed by atoms with van der Waals surface area (Å²) >= 11 is -3.20. The Morgan fingerprint density at radius 1 is 1.50 bits per heavy atom. The van der Waals surface area contributed by atoms with Crippen molar-refractivity contribution < 1.29 is 26.3 Å². The Morgan fingerprint density at radius 2 is 1.67 bits per heavy atom. The summed E-state index contributed by atoms with van der Waals surface area (Å²) in [6.07, 6.45) is 0. The quantitative estimate of drug-likeness (QED) is 0.505. The maximum absolute atomic E-state index is 9.26. The third kappa shape index (κ3) is 8.92. The van der Waals surface area contributed by atoms with E-state index in [2.05, 4.69) is 3.58 Å². The van der Waals surface area contributed by atoms with Crippen LogP contribution in [0.3, 0.4) is 0 Å². The van der Waals surface area contributed by atoms with Crippen molar-refractivity contribution >= 4 is 34.3 Å². The Balaban J connectivity index is 0. The van der Waals surface area contributed by atoms with Gasteiger partial charge in [0.15, 0.2) is 0 Å². The second kappa shape index (κ2) is 6.09. The van der Waals surface area contributed by atoms with Crippen molar-refractivity contribution in [3.8, 4) is 0 Å². The van der Waals surface area contributed by atoms with Crippen molar-refractivity contribution in [3.63, 3.8) is 0 Å². The molecule has 0 saturated carbocycles. The molecular formula is H5BBiO3V. The van der Waals surface area contributed by atoms with Gasteiger partial charge in [0.05, 0.1) is 0 Å². The van der Waals surface area contributed by atoms with E-state index in [-0.39, 0.29) is 26.2 Å². The molecule has 0 aromatic rings. The Labute approximate surface area is 60.4 Å². The first-order valence-corrected chi connectivity index (χ1v) is 2.67. The van der Waals surface area contributed by atoms with E-state index in [1.165, 1.54) is 0 Å². The van der Waals surface area contributed by atoms with Crippen molar-refractivity contribution in [2.24, 2.45) is 0 Å². The summed E-state index contributed by atoms with van der Waals surface area (Å²) in [6, 6.07) is 0. The molecule has 6 heavy (non-hydrogen) atoms. The molecule has 0 rings (SSSR count). The maximum atomic E-state index is 9.26. The van der Waals surface area contributed by atoms with E-state index in [4.69, 9.17) is 0 Å². The molecule has 0 aliphatic heterocycles. The van der Waals surface area contributed by atoms with E-state index < -0.39 is 15.4 Å². The van der Waals surface area contributed by atoms with Crippen LogP contribution in [0, 0.1) is 0 Å². The molecule has 0 unspecified atom stereocenters. The molecule has 0 amide bonds. The average Bonchev–Trinajstić information content (AvgIpc) is 1.38. The fraction of sp³-hybridized carbons (Fsp3) is 0. The van der Waals surface area contributed by atoms with Gasteiger partial charge in [-0.05, 0) is 0 Å². The second-order valence-electron chi connectivity index (χ2n) is 0.406. The van der Waals surface area contributed by atoms with Gasteiger partial charge in [0.1, 0.15) is 0 Å². The molecule has 36 valence electrons. The van der Waals surface area contributed by atoms with E-state index in [0.29, 0.717) is 0 Å². The molecule has 3 nitrogen and oxygen atoms in total. The number of rotatable bonds is 1. The summed E-state index contributed by atoms with van der Waals surface area (Å²) < 4.78 is 22.3. The SMILES string of the molecule is B[O][V](=[O])=[O].[BiH3]. The van der Waals surface area contributed by atoms with Crippen LogP contribution < -0.4 is 0 Å². The zero-order valence-electron chi connectivity index (χ0n) is 3.38. The van der Waals surface area contributed by atoms with Crippen molar-refractivity contribution in [3.05, 3.63) is 0 Å². The molecule has 0 radical (unpaired) electrons. The van der Waals surface area contributed by atoms with Gasteiger partial charge in [-0.25, -0.2) is 0 Å². The van der Waals surface area contributed by atoms with Crippen LogP contribution in [0.1, 0.15) is 0 Å². The molecule has 0 atom stereocenters. The molecule has 0 bridgehead atoms. The monoisotopic (exact) mass is 324 g/mol. The van der Waals surface area contributed by atoms with Gasteiger partial charge < -0.3 is 0 Å². The Hall–Kier alpha value is 1.09. The van der Waals surface area contributed by atoms with E-state index >= 15 is 0 Å². The first-order valence-electron chi connectivity index (χ1n) is 0.956. The fourth-order valence-corrected chi connectivity index (χ4v) is 0. The molecule has 0 fully saturated rings. The van der Waals surface area contributed by atoms with Crippen LogP contribution in [0.25, 0.3) is 0 Å². The van der Waals surface area contributed by atoms with Gasteiger partial charge >= 0.3 is 60.6 Å². The van der Waals surface area contributed by atoms with E-state index in [1.807, 2.05) is 0 Å². The van der Waals surface area contributed by atoms with Crippen molar-refractivity contribution in [1.82, 2.24) is 0 Å². The third-order valence-electron chi connectivity index (χ3n) is 0.149. The van der Waals surface area contributed by atoms with Gasteiger partial charge in [-0.15, -0.1) is 0 Å². The van der Waals surface area contributed by atoms with Crippen LogP contribution in [-0.2, 0) is 26.3 Å². The molecule has 0 aliphatic carbocycles. The summed E-state index contributed by atoms with van der Waals surface area (Å²) in [5, 5.41) is 0. The molecule has 0 aromatic carbocycles. The predicted octanol–water partition coefficient (Wildman–Crippen LogP) is -2.41. The minimum absolute atomic E-state index is 0. The fourth-order valence-electron chi connectivity index (χ4n) is 0. The molecule has 0 aromatic heterocycles. The van der Waals surface area contributed by atoms with Gasteiger partial charge in [0.25, 0.3) is 0 Å². The first-order chi connectivity index (χ1) is 2.27. The van der Waals surface area contributed by atoms with Crippen LogP contribution in [0.2, 0.25) is 0 Å². The van der Waals surface area contributed by atoms with Crippen LogP contribution in [0.15, 0.2) is 0 Å². The van der Waals surface area contributed by atoms with Gasteiger partial charge in [0.2, 0.25) is 0 Å². The normalized spacial score (nSPS) is 6.00. The van der Waals surface area contributed by atoms with E-state index in [9.17, 15) is 7.35 Å². The predicted molar refractivity (Wildman–Crippen MR) is 20.9 cm³/mol. The van der Waals surface area contributed by atoms with Crippen LogP contribution in [0.5, 0.6) is 0 Å². The van der Waals surface area contributed by atoms with Crippen molar-refractivity contribution in [2.75, 3.05) is 0 Å². The Bertz CT molecular complexity index is 68.9. The number of hydrogen-bond acceptors (Lipinski definition) is 3. The molecule has 0 saturated heterocycles. The number of hydrogen-bond donors (Lipinski definition) is 0. The molecular weight excluding hydrogens is 319 g/mol. The molecule has 0 spiro atoms. The van der Waals surface area contributed by atoms with Gasteiger partial charge in [-0.3, -0.25) is 0 Å². The van der Waals surface area contributed by atoms with Gasteiger partial charge in [0, 0.05) is 0 Å². The summed E-state index contributed by atoms with van der Waals surface area (Å²) in [6.45, 7) is 0. The van der Waals surface area contributed by atoms with Crippen LogP contribution >= 0.6 is 0 Å². The minimum atomic E-state index is -3.20. The zero-order valence-corrected chi connectivity index (χ0v) is 10.3. The summed E-state index contributed by atoms with van der Waals surface area (Å²) in [5.41, 5.74) is 0. The Morgan fingerprint density at radius 3 is 1.67 bits per heavy atom. The molecule has 6 heteroatoms. The average molecular weight is 324 g/mol. The summed E-state index contributed by atoms with van der Waals surface area (Å²) in [5.74, 6) is 0. The Kier molecular flexibility index (Phi) is 10.3. The zero-order chi connectivity index (χ0) is 4.28. The standard InChI is InChI=1S/BH2O.Bi.2O.V.3H/c1-2;;;;;;;/h1H2;;;;;;;/q-1;;;;+1;;;. The topological polar surface area (TPSA) is 43.4 Å². The second-order valence-corrected chi connectivity index (χ2v) is 1.67. The van der Waals surface area contributed by atoms with Crippen molar-refractivity contribution in [1.29, 1.82) is 0 Å². The first kappa shape index (κ1) is 10.2. The molecule has 0 aliphatic rings. The third-order valence-corrected chi connectivity index (χ3v) is 0.615. The van der Waals surface area contributed by atoms with E-state index in [1.54, 1.807) is 0 Å².